The summed E-state index contributed by atoms with van der Waals surface area (Å²) < 4.78 is 6.07. The zero-order valence-corrected chi connectivity index (χ0v) is 36.2. The van der Waals surface area contributed by atoms with Crippen molar-refractivity contribution in [1.82, 2.24) is 0 Å². The van der Waals surface area contributed by atoms with Crippen molar-refractivity contribution in [2.24, 2.45) is 0 Å². The van der Waals surface area contributed by atoms with E-state index in [4.69, 9.17) is 4.74 Å². The van der Waals surface area contributed by atoms with Gasteiger partial charge in [-0.15, -0.1) is 0 Å². The third-order valence-electron chi connectivity index (χ3n) is 11.5. The van der Waals surface area contributed by atoms with E-state index >= 15 is 0 Å². The summed E-state index contributed by atoms with van der Waals surface area (Å²) in [6.45, 7) is 26.0. The van der Waals surface area contributed by atoms with Crippen LogP contribution in [0.1, 0.15) is 148 Å². The summed E-state index contributed by atoms with van der Waals surface area (Å²) in [6, 6.07) is 25.8. The Morgan fingerprint density at radius 1 is 0.698 bits per heavy atom. The SMILES string of the molecule is CC1=CC/C(c2ccc(C(C)(C)C)cc2)=C\C=C/CC1S(C)(CCCCCCOC(C)(C)C)C1C(C)=Cc2c(-c3ccc(C(C)(C)C)cc3)cccc21. The summed E-state index contributed by atoms with van der Waals surface area (Å²) in [5, 5.41) is 0.975. The summed E-state index contributed by atoms with van der Waals surface area (Å²) in [4.78, 5) is 0. The van der Waals surface area contributed by atoms with Gasteiger partial charge < -0.3 is 4.74 Å². The van der Waals surface area contributed by atoms with Crippen LogP contribution < -0.4 is 0 Å². The highest BCUT2D eigenvalue weighted by atomic mass is 32.3. The van der Waals surface area contributed by atoms with Gasteiger partial charge in [0.1, 0.15) is 0 Å². The van der Waals surface area contributed by atoms with Crippen LogP contribution in [0.25, 0.3) is 22.8 Å². The van der Waals surface area contributed by atoms with Crippen LogP contribution in [0.3, 0.4) is 0 Å². The first-order valence-corrected chi connectivity index (χ1v) is 22.7. The minimum absolute atomic E-state index is 0.0607. The maximum absolute atomic E-state index is 6.07. The first-order chi connectivity index (χ1) is 24.9. The van der Waals surface area contributed by atoms with Crippen LogP contribution in [0.4, 0.5) is 0 Å². The molecular weight excluding hydrogens is 661 g/mol. The van der Waals surface area contributed by atoms with Crippen molar-refractivity contribution in [3.63, 3.8) is 0 Å². The number of rotatable bonds is 11. The van der Waals surface area contributed by atoms with Crippen LogP contribution >= 0.6 is 10.0 Å². The zero-order valence-electron chi connectivity index (χ0n) is 35.4. The van der Waals surface area contributed by atoms with Crippen LogP contribution in [0, 0.1) is 0 Å². The number of hydrogen-bond donors (Lipinski definition) is 0. The van der Waals surface area contributed by atoms with E-state index in [2.05, 4.69) is 180 Å². The number of fused-ring (bicyclic) bond motifs is 1. The fourth-order valence-corrected chi connectivity index (χ4v) is 13.3. The molecule has 0 aliphatic heterocycles. The van der Waals surface area contributed by atoms with Crippen LogP contribution in [0.5, 0.6) is 0 Å². The molecule has 0 aromatic heterocycles. The molecule has 3 atom stereocenters. The van der Waals surface area contributed by atoms with Gasteiger partial charge in [-0.25, -0.2) is 10.0 Å². The van der Waals surface area contributed by atoms with Gasteiger partial charge in [-0.2, -0.15) is 0 Å². The predicted octanol–water partition coefficient (Wildman–Crippen LogP) is 15.0. The second kappa shape index (κ2) is 16.7. The molecule has 53 heavy (non-hydrogen) atoms. The van der Waals surface area contributed by atoms with Crippen molar-refractivity contribution in [2.45, 2.75) is 142 Å². The second-order valence-corrected chi connectivity index (χ2v) is 22.9. The first kappa shape index (κ1) is 41.1. The molecule has 2 aliphatic rings. The van der Waals surface area contributed by atoms with E-state index in [1.165, 1.54) is 64.0 Å². The zero-order chi connectivity index (χ0) is 38.6. The highest BCUT2D eigenvalue weighted by molar-refractivity contribution is 8.34. The molecule has 0 bridgehead atoms. The standard InChI is InChI=1S/C51H70OS/c1-37-24-25-39(40-26-30-42(31-27-40)49(3,4)5)20-15-16-23-47(37)53(12,35-18-14-13-17-34-52-51(9,10)11)48-38(2)36-46-44(21-19-22-45(46)48)41-28-32-43(33-29-41)50(6,7)8/h15-16,19-22,24,26-33,36,47-48H,13-14,17-18,23,25,34-35H2,1-12H3/b16-15-,37-24?,39-20+. The first-order valence-electron chi connectivity index (χ1n) is 20.3. The Hall–Kier alpha value is -3.07. The maximum Gasteiger partial charge on any atom is 0.0598 e. The number of hydrogen-bond acceptors (Lipinski definition) is 1. The lowest BCUT2D eigenvalue weighted by Crippen LogP contribution is -2.27. The minimum Gasteiger partial charge on any atom is -0.376 e. The summed E-state index contributed by atoms with van der Waals surface area (Å²) in [7, 11) is -1.17. The Bertz CT molecular complexity index is 1810. The molecule has 3 unspecified atom stereocenters. The third kappa shape index (κ3) is 10.2. The number of allylic oxidation sites excluding steroid dienone is 5. The summed E-state index contributed by atoms with van der Waals surface area (Å²) in [5.41, 5.74) is 14.6. The largest absolute Gasteiger partial charge is 0.376 e. The van der Waals surface area contributed by atoms with Crippen LogP contribution in [0.15, 0.2) is 102 Å². The van der Waals surface area contributed by atoms with Gasteiger partial charge in [-0.3, -0.25) is 0 Å². The summed E-state index contributed by atoms with van der Waals surface area (Å²) in [6.07, 6.45) is 22.0. The molecule has 2 aliphatic carbocycles. The summed E-state index contributed by atoms with van der Waals surface area (Å²) >= 11 is 0. The van der Waals surface area contributed by atoms with E-state index in [1.807, 2.05) is 0 Å². The molecule has 0 radical (unpaired) electrons. The molecule has 286 valence electrons. The molecular formula is C51H70OS. The third-order valence-corrected chi connectivity index (χ3v) is 16.3. The van der Waals surface area contributed by atoms with Crippen molar-refractivity contribution < 1.29 is 4.74 Å². The van der Waals surface area contributed by atoms with Crippen molar-refractivity contribution in [3.05, 3.63) is 130 Å². The number of ether oxygens (including phenoxy) is 1. The van der Waals surface area contributed by atoms with Gasteiger partial charge in [-0.1, -0.05) is 163 Å². The minimum atomic E-state index is -1.17. The molecule has 0 saturated carbocycles. The van der Waals surface area contributed by atoms with Crippen LogP contribution in [0.2, 0.25) is 0 Å². The molecule has 0 fully saturated rings. The lowest BCUT2D eigenvalue weighted by Gasteiger charge is -2.50. The quantitative estimate of drug-likeness (QED) is 0.141. The normalized spacial score (nSPS) is 21.5. The van der Waals surface area contributed by atoms with E-state index in [0.29, 0.717) is 10.5 Å². The van der Waals surface area contributed by atoms with Gasteiger partial charge in [0, 0.05) is 17.1 Å². The van der Waals surface area contributed by atoms with Crippen molar-refractivity contribution >= 4 is 21.7 Å². The van der Waals surface area contributed by atoms with Gasteiger partial charge in [0.2, 0.25) is 0 Å². The van der Waals surface area contributed by atoms with Crippen molar-refractivity contribution in [1.29, 1.82) is 0 Å². The van der Waals surface area contributed by atoms with Gasteiger partial charge in [0.25, 0.3) is 0 Å². The average molecular weight is 731 g/mol. The van der Waals surface area contributed by atoms with E-state index in [1.54, 1.807) is 16.7 Å². The molecule has 2 heteroatoms. The molecule has 3 aromatic carbocycles. The fourth-order valence-electron chi connectivity index (χ4n) is 8.39. The number of benzene rings is 3. The van der Waals surface area contributed by atoms with Gasteiger partial charge >= 0.3 is 0 Å². The van der Waals surface area contributed by atoms with Gasteiger partial charge in [0.05, 0.1) is 5.60 Å². The van der Waals surface area contributed by atoms with Gasteiger partial charge in [0.15, 0.2) is 0 Å². The predicted molar refractivity (Wildman–Crippen MR) is 239 cm³/mol. The lowest BCUT2D eigenvalue weighted by molar-refractivity contribution is -0.00471. The van der Waals surface area contributed by atoms with Crippen molar-refractivity contribution in [2.75, 3.05) is 18.6 Å². The Kier molecular flexibility index (Phi) is 13.0. The fraction of sp³-hybridized carbons (Fsp3) is 0.490. The van der Waals surface area contributed by atoms with Crippen LogP contribution in [-0.4, -0.2) is 29.5 Å². The van der Waals surface area contributed by atoms with E-state index in [0.717, 1.165) is 25.9 Å². The Morgan fingerprint density at radius 2 is 1.30 bits per heavy atom. The molecule has 0 saturated heterocycles. The lowest BCUT2D eigenvalue weighted by atomic mass is 9.86. The van der Waals surface area contributed by atoms with Gasteiger partial charge in [-0.05, 0) is 128 Å². The van der Waals surface area contributed by atoms with E-state index in [9.17, 15) is 0 Å². The van der Waals surface area contributed by atoms with E-state index in [-0.39, 0.29) is 16.4 Å². The smallest absolute Gasteiger partial charge is 0.0598 e. The molecule has 0 heterocycles. The monoisotopic (exact) mass is 731 g/mol. The molecule has 5 rings (SSSR count). The second-order valence-electron chi connectivity index (χ2n) is 19.0. The topological polar surface area (TPSA) is 9.23 Å². The van der Waals surface area contributed by atoms with Crippen molar-refractivity contribution in [3.8, 4) is 11.1 Å². The molecule has 0 N–H and O–H groups in total. The molecule has 3 aromatic rings. The molecule has 0 spiro atoms. The van der Waals surface area contributed by atoms with E-state index < -0.39 is 10.0 Å². The number of unbranched alkanes of at least 4 members (excludes halogenated alkanes) is 3. The highest BCUT2D eigenvalue weighted by Crippen LogP contribution is 2.69. The molecule has 1 nitrogen and oxygen atoms in total. The maximum atomic E-state index is 6.07. The van der Waals surface area contributed by atoms with Crippen LogP contribution in [-0.2, 0) is 15.6 Å². The average Bonchev–Trinajstić information content (AvgIpc) is 3.48. The Morgan fingerprint density at radius 3 is 1.91 bits per heavy atom. The molecule has 0 amide bonds. The Labute approximate surface area is 326 Å². The Balaban J connectivity index is 1.46. The highest BCUT2D eigenvalue weighted by Gasteiger charge is 2.41. The summed E-state index contributed by atoms with van der Waals surface area (Å²) in [5.74, 6) is 1.28.